The van der Waals surface area contributed by atoms with Crippen LogP contribution in [0.3, 0.4) is 0 Å². The average molecular weight is 292 g/mol. The number of amides is 1. The normalized spacial score (nSPS) is 15.4. The van der Waals surface area contributed by atoms with Crippen LogP contribution in [0.5, 0.6) is 0 Å². The van der Waals surface area contributed by atoms with E-state index in [4.69, 9.17) is 22.6 Å². The second-order valence-corrected chi connectivity index (χ2v) is 5.61. The van der Waals surface area contributed by atoms with Crippen LogP contribution in [0.25, 0.3) is 0 Å². The summed E-state index contributed by atoms with van der Waals surface area (Å²) >= 11 is 6.09. The highest BCUT2D eigenvalue weighted by Crippen LogP contribution is 2.34. The summed E-state index contributed by atoms with van der Waals surface area (Å²) < 4.78 is 0. The Labute approximate surface area is 124 Å². The number of carbonyl (C=O) groups is 1. The smallest absolute Gasteiger partial charge is 0.240 e. The summed E-state index contributed by atoms with van der Waals surface area (Å²) in [4.78, 5) is 13.7. The maximum absolute atomic E-state index is 11.7. The van der Waals surface area contributed by atoms with E-state index in [1.165, 1.54) is 12.8 Å². The number of nitrogens with two attached hydrogens (primary N) is 1. The van der Waals surface area contributed by atoms with Crippen molar-refractivity contribution < 1.29 is 4.79 Å². The number of benzene rings is 1. The van der Waals surface area contributed by atoms with E-state index in [2.05, 4.69) is 0 Å². The first kappa shape index (κ1) is 14.7. The summed E-state index contributed by atoms with van der Waals surface area (Å²) in [5, 5.41) is 9.33. The van der Waals surface area contributed by atoms with Crippen LogP contribution in [0.15, 0.2) is 18.2 Å². The minimum atomic E-state index is -0.334. The van der Waals surface area contributed by atoms with Gasteiger partial charge in [0.1, 0.15) is 12.1 Å². The van der Waals surface area contributed by atoms with Gasteiger partial charge in [-0.2, -0.15) is 5.26 Å². The highest BCUT2D eigenvalue weighted by Gasteiger charge is 2.30. The van der Waals surface area contributed by atoms with Crippen molar-refractivity contribution in [1.82, 2.24) is 0 Å². The predicted octanol–water partition coefficient (Wildman–Crippen LogP) is 2.69. The van der Waals surface area contributed by atoms with E-state index in [0.29, 0.717) is 22.9 Å². The number of hydrogen-bond donors (Lipinski definition) is 1. The lowest BCUT2D eigenvalue weighted by Gasteiger charge is -2.31. The Hall–Kier alpha value is -1.73. The molecule has 0 bridgehead atoms. The summed E-state index contributed by atoms with van der Waals surface area (Å²) in [6, 6.07) is 6.97. The van der Waals surface area contributed by atoms with Gasteiger partial charge in [-0.15, -0.1) is 0 Å². The van der Waals surface area contributed by atoms with Crippen molar-refractivity contribution in [3.63, 3.8) is 0 Å². The Morgan fingerprint density at radius 3 is 2.75 bits per heavy atom. The fourth-order valence-electron chi connectivity index (χ4n) is 2.34. The molecule has 1 fully saturated rings. The molecule has 0 radical (unpaired) electrons. The quantitative estimate of drug-likeness (QED) is 0.876. The zero-order valence-electron chi connectivity index (χ0n) is 11.5. The first-order valence-electron chi connectivity index (χ1n) is 6.82. The average Bonchev–Trinajstić information content (AvgIpc) is 3.22. The molecule has 2 rings (SSSR count). The van der Waals surface area contributed by atoms with Gasteiger partial charge in [0.15, 0.2) is 0 Å². The lowest BCUT2D eigenvalue weighted by atomic mass is 10.1. The van der Waals surface area contributed by atoms with Crippen LogP contribution in [0.4, 0.5) is 5.69 Å². The SMILES string of the molecule is CCC(C(N)=O)N(CC1CC1)c1ccc(C#N)c(Cl)c1. The molecule has 0 saturated heterocycles. The number of carbonyl (C=O) groups excluding carboxylic acids is 1. The summed E-state index contributed by atoms with van der Waals surface area (Å²) in [7, 11) is 0. The van der Waals surface area contributed by atoms with Gasteiger partial charge in [0.25, 0.3) is 0 Å². The van der Waals surface area contributed by atoms with Crippen LogP contribution in [0.1, 0.15) is 31.7 Å². The first-order valence-corrected chi connectivity index (χ1v) is 7.20. The Kier molecular flexibility index (Phi) is 4.51. The number of anilines is 1. The highest BCUT2D eigenvalue weighted by atomic mass is 35.5. The molecule has 1 atom stereocenters. The van der Waals surface area contributed by atoms with E-state index in [1.807, 2.05) is 24.0 Å². The van der Waals surface area contributed by atoms with Gasteiger partial charge in [-0.3, -0.25) is 4.79 Å². The van der Waals surface area contributed by atoms with Gasteiger partial charge in [0, 0.05) is 12.2 Å². The monoisotopic (exact) mass is 291 g/mol. The molecular weight excluding hydrogens is 274 g/mol. The number of halogens is 1. The summed E-state index contributed by atoms with van der Waals surface area (Å²) in [5.41, 5.74) is 6.80. The van der Waals surface area contributed by atoms with Gasteiger partial charge < -0.3 is 10.6 Å². The molecule has 1 saturated carbocycles. The maximum Gasteiger partial charge on any atom is 0.240 e. The van der Waals surface area contributed by atoms with Crippen LogP contribution in [-0.4, -0.2) is 18.5 Å². The second-order valence-electron chi connectivity index (χ2n) is 5.20. The fraction of sp³-hybridized carbons (Fsp3) is 0.467. The number of nitrogens with zero attached hydrogens (tertiary/aromatic N) is 2. The van der Waals surface area contributed by atoms with Gasteiger partial charge in [-0.05, 0) is 43.4 Å². The summed E-state index contributed by atoms with van der Waals surface area (Å²) in [6.45, 7) is 2.75. The summed E-state index contributed by atoms with van der Waals surface area (Å²) in [6.07, 6.45) is 3.03. The van der Waals surface area contributed by atoms with Crippen LogP contribution >= 0.6 is 11.6 Å². The number of hydrogen-bond acceptors (Lipinski definition) is 3. The van der Waals surface area contributed by atoms with Crippen molar-refractivity contribution in [2.45, 2.75) is 32.2 Å². The molecule has 20 heavy (non-hydrogen) atoms. The largest absolute Gasteiger partial charge is 0.368 e. The van der Waals surface area contributed by atoms with E-state index >= 15 is 0 Å². The predicted molar refractivity (Wildman–Crippen MR) is 79.5 cm³/mol. The number of nitriles is 1. The molecule has 5 heteroatoms. The lowest BCUT2D eigenvalue weighted by molar-refractivity contribution is -0.119. The van der Waals surface area contributed by atoms with Crippen molar-refractivity contribution in [1.29, 1.82) is 5.26 Å². The molecule has 1 aromatic carbocycles. The zero-order chi connectivity index (χ0) is 14.7. The third-order valence-corrected chi connectivity index (χ3v) is 3.96. The molecular formula is C15H18ClN3O. The van der Waals surface area contributed by atoms with E-state index in [1.54, 1.807) is 12.1 Å². The van der Waals surface area contributed by atoms with Crippen molar-refractivity contribution >= 4 is 23.2 Å². The molecule has 2 N–H and O–H groups in total. The topological polar surface area (TPSA) is 70.1 Å². The number of primary amides is 1. The van der Waals surface area contributed by atoms with Crippen LogP contribution < -0.4 is 10.6 Å². The van der Waals surface area contributed by atoms with Gasteiger partial charge in [-0.1, -0.05) is 18.5 Å². The Morgan fingerprint density at radius 1 is 1.60 bits per heavy atom. The Bertz CT molecular complexity index is 549. The molecule has 0 aliphatic heterocycles. The molecule has 1 amide bonds. The molecule has 106 valence electrons. The molecule has 0 heterocycles. The van der Waals surface area contributed by atoms with E-state index in [-0.39, 0.29) is 11.9 Å². The van der Waals surface area contributed by atoms with Crippen molar-refractivity contribution in [3.05, 3.63) is 28.8 Å². The standard InChI is InChI=1S/C15H18ClN3O/c1-2-14(15(18)20)19(9-10-3-4-10)12-6-5-11(8-17)13(16)7-12/h5-7,10,14H,2-4,9H2,1H3,(H2,18,20). The van der Waals surface area contributed by atoms with Crippen molar-refractivity contribution in [2.24, 2.45) is 11.7 Å². The summed E-state index contributed by atoms with van der Waals surface area (Å²) in [5.74, 6) is 0.298. The molecule has 0 aromatic heterocycles. The van der Waals surface area contributed by atoms with Gasteiger partial charge >= 0.3 is 0 Å². The van der Waals surface area contributed by atoms with Crippen LogP contribution in [-0.2, 0) is 4.79 Å². The lowest BCUT2D eigenvalue weighted by Crippen LogP contribution is -2.45. The van der Waals surface area contributed by atoms with Gasteiger partial charge in [0.05, 0.1) is 10.6 Å². The minimum Gasteiger partial charge on any atom is -0.368 e. The third-order valence-electron chi connectivity index (χ3n) is 3.65. The molecule has 1 unspecified atom stereocenters. The fourth-order valence-corrected chi connectivity index (χ4v) is 2.56. The van der Waals surface area contributed by atoms with E-state index in [9.17, 15) is 4.79 Å². The molecule has 1 aromatic rings. The molecule has 4 nitrogen and oxygen atoms in total. The molecule has 0 spiro atoms. The number of rotatable bonds is 6. The third kappa shape index (κ3) is 3.23. The molecule has 1 aliphatic rings. The second kappa shape index (κ2) is 6.15. The van der Waals surface area contributed by atoms with Crippen LogP contribution in [0, 0.1) is 17.2 Å². The van der Waals surface area contributed by atoms with Gasteiger partial charge in [-0.25, -0.2) is 0 Å². The first-order chi connectivity index (χ1) is 9.56. The van der Waals surface area contributed by atoms with Crippen LogP contribution in [0.2, 0.25) is 5.02 Å². The Balaban J connectivity index is 2.32. The zero-order valence-corrected chi connectivity index (χ0v) is 12.2. The maximum atomic E-state index is 11.7. The minimum absolute atomic E-state index is 0.325. The van der Waals surface area contributed by atoms with E-state index < -0.39 is 0 Å². The molecule has 1 aliphatic carbocycles. The highest BCUT2D eigenvalue weighted by molar-refractivity contribution is 6.32. The van der Waals surface area contributed by atoms with Gasteiger partial charge in [0.2, 0.25) is 5.91 Å². The van der Waals surface area contributed by atoms with Crippen molar-refractivity contribution in [2.75, 3.05) is 11.4 Å². The Morgan fingerprint density at radius 2 is 2.30 bits per heavy atom. The van der Waals surface area contributed by atoms with E-state index in [0.717, 1.165) is 12.2 Å². The van der Waals surface area contributed by atoms with Crippen molar-refractivity contribution in [3.8, 4) is 6.07 Å².